The number of fused-ring (bicyclic) bond motifs is 3. The van der Waals surface area contributed by atoms with E-state index >= 15 is 0 Å². The summed E-state index contributed by atoms with van der Waals surface area (Å²) in [6.45, 7) is 0. The topological polar surface area (TPSA) is 47.8 Å². The predicted octanol–water partition coefficient (Wildman–Crippen LogP) is 3.05. The molecular weight excluding hydrogens is 298 g/mol. The van der Waals surface area contributed by atoms with Crippen molar-refractivity contribution in [2.45, 2.75) is 12.8 Å². The largest absolute Gasteiger partial charge is 0.271 e. The minimum absolute atomic E-state index is 0.131. The Hall–Kier alpha value is -2.46. The highest BCUT2D eigenvalue weighted by Crippen LogP contribution is 2.29. The lowest BCUT2D eigenvalue weighted by Crippen LogP contribution is -2.24. The molecule has 0 bridgehead atoms. The number of halogens is 1. The number of pyridine rings is 1. The molecule has 0 atom stereocenters. The summed E-state index contributed by atoms with van der Waals surface area (Å²) in [5.41, 5.74) is 4.43. The molecule has 0 radical (unpaired) electrons. The third-order valence-corrected chi connectivity index (χ3v) is 4.11. The van der Waals surface area contributed by atoms with Crippen LogP contribution in [-0.4, -0.2) is 14.8 Å². The quantitative estimate of drug-likeness (QED) is 0.694. The van der Waals surface area contributed by atoms with Crippen molar-refractivity contribution in [2.75, 3.05) is 0 Å². The highest BCUT2D eigenvalue weighted by atomic mass is 35.5. The molecule has 1 aliphatic rings. The van der Waals surface area contributed by atoms with Gasteiger partial charge in [0.2, 0.25) is 0 Å². The third-order valence-electron chi connectivity index (χ3n) is 3.86. The zero-order valence-electron chi connectivity index (χ0n) is 11.7. The van der Waals surface area contributed by atoms with Crippen LogP contribution in [0.3, 0.4) is 0 Å². The first-order chi connectivity index (χ1) is 10.7. The number of nitrogens with zero attached hydrogens (tertiary/aromatic N) is 3. The summed E-state index contributed by atoms with van der Waals surface area (Å²) in [6, 6.07) is 12.6. The fraction of sp³-hybridized carbons (Fsp3) is 0.118. The van der Waals surface area contributed by atoms with Crippen molar-refractivity contribution in [3.05, 3.63) is 75.3 Å². The van der Waals surface area contributed by atoms with Gasteiger partial charge in [0.05, 0.1) is 17.1 Å². The highest BCUT2D eigenvalue weighted by Gasteiger charge is 2.20. The molecule has 1 aromatic carbocycles. The number of hydrogen-bond acceptors (Lipinski definition) is 3. The normalized spacial score (nSPS) is 12.6. The summed E-state index contributed by atoms with van der Waals surface area (Å²) in [5.74, 6) is 0. The molecule has 0 fully saturated rings. The molecule has 0 aliphatic heterocycles. The number of aromatic nitrogens is 3. The van der Waals surface area contributed by atoms with E-state index in [1.807, 2.05) is 12.1 Å². The maximum absolute atomic E-state index is 12.3. The van der Waals surface area contributed by atoms with E-state index in [1.165, 1.54) is 4.68 Å². The second kappa shape index (κ2) is 5.07. The summed E-state index contributed by atoms with van der Waals surface area (Å²) in [5, 5.41) is 5.20. The lowest BCUT2D eigenvalue weighted by Gasteiger charge is -2.18. The number of aryl methyl sites for hydroxylation is 2. The van der Waals surface area contributed by atoms with Crippen LogP contribution in [0.1, 0.15) is 11.3 Å². The van der Waals surface area contributed by atoms with E-state index < -0.39 is 0 Å². The molecule has 0 amide bonds. The Morgan fingerprint density at radius 2 is 1.91 bits per heavy atom. The fourth-order valence-corrected chi connectivity index (χ4v) is 2.91. The Morgan fingerprint density at radius 3 is 2.73 bits per heavy atom. The molecule has 2 heterocycles. The van der Waals surface area contributed by atoms with Crippen molar-refractivity contribution in [3.63, 3.8) is 0 Å². The molecule has 2 aromatic heterocycles. The predicted molar refractivity (Wildman–Crippen MR) is 85.5 cm³/mol. The number of hydrogen-bond donors (Lipinski definition) is 0. The first-order valence-electron chi connectivity index (χ1n) is 7.06. The molecule has 0 saturated carbocycles. The van der Waals surface area contributed by atoms with Crippen LogP contribution in [0.15, 0.2) is 53.5 Å². The van der Waals surface area contributed by atoms with Crippen LogP contribution in [-0.2, 0) is 12.8 Å². The van der Waals surface area contributed by atoms with Gasteiger partial charge in [-0.25, -0.2) is 0 Å². The Balaban J connectivity index is 1.94. The minimum Gasteiger partial charge on any atom is -0.267 e. The SMILES string of the molecule is O=c1cc2c(nn1-c1ccc(Cl)cc1)-c1cccnc1CC2. The Bertz CT molecular complexity index is 916. The van der Waals surface area contributed by atoms with Crippen LogP contribution in [0, 0.1) is 0 Å². The van der Waals surface area contributed by atoms with Crippen LogP contribution in [0.25, 0.3) is 16.9 Å². The average Bonchev–Trinajstić information content (AvgIpc) is 2.55. The van der Waals surface area contributed by atoms with Crippen molar-refractivity contribution < 1.29 is 0 Å². The zero-order chi connectivity index (χ0) is 15.1. The monoisotopic (exact) mass is 309 g/mol. The van der Waals surface area contributed by atoms with Crippen molar-refractivity contribution in [3.8, 4) is 16.9 Å². The van der Waals surface area contributed by atoms with Crippen LogP contribution >= 0.6 is 11.6 Å². The van der Waals surface area contributed by atoms with Crippen LogP contribution in [0.2, 0.25) is 5.02 Å². The molecule has 0 N–H and O–H groups in total. The molecule has 4 rings (SSSR count). The van der Waals surface area contributed by atoms with E-state index in [0.717, 1.165) is 35.4 Å². The van der Waals surface area contributed by atoms with Gasteiger partial charge in [0.1, 0.15) is 0 Å². The van der Waals surface area contributed by atoms with E-state index in [2.05, 4.69) is 10.1 Å². The standard InChI is InChI=1S/C17H12ClN3O/c18-12-4-6-13(7-5-12)21-16(22)10-11-3-8-15-14(17(11)20-21)2-1-9-19-15/h1-2,4-7,9-10H,3,8H2. The minimum atomic E-state index is -0.131. The maximum atomic E-state index is 12.3. The second-order valence-corrected chi connectivity index (χ2v) is 5.68. The third kappa shape index (κ3) is 2.12. The van der Waals surface area contributed by atoms with Gasteiger partial charge in [0.15, 0.2) is 0 Å². The molecule has 0 saturated heterocycles. The summed E-state index contributed by atoms with van der Waals surface area (Å²) in [7, 11) is 0. The average molecular weight is 310 g/mol. The second-order valence-electron chi connectivity index (χ2n) is 5.24. The Kier molecular flexibility index (Phi) is 3.05. The Labute approximate surface area is 132 Å². The summed E-state index contributed by atoms with van der Waals surface area (Å²) >= 11 is 5.91. The van der Waals surface area contributed by atoms with Crippen LogP contribution < -0.4 is 5.56 Å². The van der Waals surface area contributed by atoms with Gasteiger partial charge in [-0.1, -0.05) is 11.6 Å². The summed E-state index contributed by atoms with van der Waals surface area (Å²) in [6.07, 6.45) is 3.43. The fourth-order valence-electron chi connectivity index (χ4n) is 2.78. The molecule has 0 unspecified atom stereocenters. The van der Waals surface area contributed by atoms with Gasteiger partial charge in [0, 0.05) is 22.8 Å². The molecule has 3 aromatic rings. The number of benzene rings is 1. The van der Waals surface area contributed by atoms with Gasteiger partial charge in [-0.15, -0.1) is 0 Å². The van der Waals surface area contributed by atoms with E-state index in [1.54, 1.807) is 36.5 Å². The summed E-state index contributed by atoms with van der Waals surface area (Å²) in [4.78, 5) is 16.8. The first-order valence-corrected chi connectivity index (χ1v) is 7.43. The molecule has 108 valence electrons. The van der Waals surface area contributed by atoms with E-state index in [0.29, 0.717) is 10.7 Å². The lowest BCUT2D eigenvalue weighted by atomic mass is 9.93. The smallest absolute Gasteiger partial charge is 0.267 e. The van der Waals surface area contributed by atoms with Gasteiger partial charge >= 0.3 is 0 Å². The molecule has 0 spiro atoms. The highest BCUT2D eigenvalue weighted by molar-refractivity contribution is 6.30. The molecular formula is C17H12ClN3O. The van der Waals surface area contributed by atoms with Crippen molar-refractivity contribution in [1.29, 1.82) is 0 Å². The van der Waals surface area contributed by atoms with Crippen LogP contribution in [0.5, 0.6) is 0 Å². The van der Waals surface area contributed by atoms with Crippen molar-refractivity contribution in [2.24, 2.45) is 0 Å². The van der Waals surface area contributed by atoms with Gasteiger partial charge in [0.25, 0.3) is 5.56 Å². The molecule has 1 aliphatic carbocycles. The van der Waals surface area contributed by atoms with Gasteiger partial charge in [-0.05, 0) is 54.8 Å². The maximum Gasteiger partial charge on any atom is 0.271 e. The van der Waals surface area contributed by atoms with E-state index in [4.69, 9.17) is 11.6 Å². The number of rotatable bonds is 1. The summed E-state index contributed by atoms with van der Waals surface area (Å²) < 4.78 is 1.41. The molecule has 5 heteroatoms. The molecule has 22 heavy (non-hydrogen) atoms. The van der Waals surface area contributed by atoms with Crippen molar-refractivity contribution >= 4 is 11.6 Å². The molecule has 4 nitrogen and oxygen atoms in total. The van der Waals surface area contributed by atoms with Gasteiger partial charge in [-0.3, -0.25) is 9.78 Å². The van der Waals surface area contributed by atoms with Crippen LogP contribution in [0.4, 0.5) is 0 Å². The zero-order valence-corrected chi connectivity index (χ0v) is 12.4. The van der Waals surface area contributed by atoms with E-state index in [9.17, 15) is 4.79 Å². The van der Waals surface area contributed by atoms with E-state index in [-0.39, 0.29) is 5.56 Å². The Morgan fingerprint density at radius 1 is 1.09 bits per heavy atom. The van der Waals surface area contributed by atoms with Crippen molar-refractivity contribution in [1.82, 2.24) is 14.8 Å². The van der Waals surface area contributed by atoms with Gasteiger partial charge in [-0.2, -0.15) is 9.78 Å². The first kappa shape index (κ1) is 13.2. The van der Waals surface area contributed by atoms with Gasteiger partial charge < -0.3 is 0 Å². The lowest BCUT2D eigenvalue weighted by molar-refractivity contribution is 0.776.